The molecule has 4 rings (SSSR count). The second-order valence-electron chi connectivity index (χ2n) is 9.35. The molecule has 1 aliphatic heterocycles. The minimum atomic E-state index is -1.06. The van der Waals surface area contributed by atoms with E-state index in [2.05, 4.69) is 0 Å². The highest BCUT2D eigenvalue weighted by atomic mass is 16.5. The van der Waals surface area contributed by atoms with Gasteiger partial charge in [0.15, 0.2) is 5.75 Å². The van der Waals surface area contributed by atoms with Crippen LogP contribution in [0.1, 0.15) is 36.0 Å². The van der Waals surface area contributed by atoms with Crippen LogP contribution < -0.4 is 19.1 Å². The molecule has 8 nitrogen and oxygen atoms in total. The Kier molecular flexibility index (Phi) is 9.45. The van der Waals surface area contributed by atoms with E-state index in [0.29, 0.717) is 31.9 Å². The van der Waals surface area contributed by atoms with E-state index in [1.165, 1.54) is 0 Å². The van der Waals surface area contributed by atoms with E-state index < -0.39 is 18.0 Å². The Bertz CT molecular complexity index is 1300. The first kappa shape index (κ1) is 27.6. The molecule has 39 heavy (non-hydrogen) atoms. The van der Waals surface area contributed by atoms with Crippen LogP contribution in [0, 0.1) is 6.92 Å². The molecular weight excluding hydrogens is 498 g/mol. The van der Waals surface area contributed by atoms with Crippen LogP contribution in [0.15, 0.2) is 66.7 Å². The number of para-hydroxylation sites is 1. The summed E-state index contributed by atoms with van der Waals surface area (Å²) in [5.74, 6) is 0.180. The number of ether oxygens (including phenoxy) is 3. The fourth-order valence-corrected chi connectivity index (χ4v) is 4.30. The molecule has 1 atom stereocenters. The van der Waals surface area contributed by atoms with E-state index in [9.17, 15) is 14.7 Å². The third-order valence-corrected chi connectivity index (χ3v) is 6.26. The van der Waals surface area contributed by atoms with Gasteiger partial charge in [0.1, 0.15) is 11.5 Å². The van der Waals surface area contributed by atoms with E-state index in [4.69, 9.17) is 19.3 Å². The third kappa shape index (κ3) is 8.01. The zero-order valence-electron chi connectivity index (χ0n) is 21.9. The number of rotatable bonds is 13. The molecule has 0 saturated heterocycles. The summed E-state index contributed by atoms with van der Waals surface area (Å²) in [5.41, 5.74) is 3.62. The van der Waals surface area contributed by atoms with Crippen LogP contribution in [0.5, 0.6) is 17.2 Å². The molecule has 0 aromatic heterocycles. The first-order valence-corrected chi connectivity index (χ1v) is 13.0. The summed E-state index contributed by atoms with van der Waals surface area (Å²) in [7, 11) is 0. The molecule has 1 unspecified atom stereocenters. The molecule has 0 aliphatic carbocycles. The summed E-state index contributed by atoms with van der Waals surface area (Å²) < 4.78 is 17.4. The van der Waals surface area contributed by atoms with Crippen LogP contribution >= 0.6 is 0 Å². The van der Waals surface area contributed by atoms with Crippen molar-refractivity contribution in [1.29, 1.82) is 0 Å². The molecule has 1 aliphatic rings. The van der Waals surface area contributed by atoms with Crippen LogP contribution in [-0.4, -0.2) is 54.6 Å². The average Bonchev–Trinajstić information content (AvgIpc) is 2.92. The number of nitrogens with zero attached hydrogens (tertiary/aromatic N) is 1. The van der Waals surface area contributed by atoms with Crippen molar-refractivity contribution < 1.29 is 34.0 Å². The Balaban J connectivity index is 1.34. The van der Waals surface area contributed by atoms with E-state index in [0.717, 1.165) is 40.3 Å². The fourth-order valence-electron chi connectivity index (χ4n) is 4.30. The Morgan fingerprint density at radius 1 is 0.949 bits per heavy atom. The van der Waals surface area contributed by atoms with Gasteiger partial charge in [-0.05, 0) is 54.8 Å². The van der Waals surface area contributed by atoms with Gasteiger partial charge >= 0.3 is 11.9 Å². The van der Waals surface area contributed by atoms with Crippen LogP contribution in [0.4, 0.5) is 5.69 Å². The van der Waals surface area contributed by atoms with Gasteiger partial charge < -0.3 is 29.3 Å². The molecule has 204 valence electrons. The van der Waals surface area contributed by atoms with Gasteiger partial charge in [-0.1, -0.05) is 48.6 Å². The smallest absolute Gasteiger partial charge is 0.346 e. The largest absolute Gasteiger partial charge is 0.493 e. The molecule has 1 heterocycles. The van der Waals surface area contributed by atoms with Gasteiger partial charge in [-0.15, -0.1) is 0 Å². The van der Waals surface area contributed by atoms with Crippen molar-refractivity contribution in [3.05, 3.63) is 83.4 Å². The number of anilines is 1. The van der Waals surface area contributed by atoms with Gasteiger partial charge in [-0.2, -0.15) is 0 Å². The zero-order chi connectivity index (χ0) is 27.6. The van der Waals surface area contributed by atoms with E-state index in [1.807, 2.05) is 90.7 Å². The lowest BCUT2D eigenvalue weighted by Gasteiger charge is -2.35. The van der Waals surface area contributed by atoms with Crippen molar-refractivity contribution in [2.75, 3.05) is 31.2 Å². The van der Waals surface area contributed by atoms with Gasteiger partial charge in [-0.3, -0.25) is 4.79 Å². The molecule has 3 aromatic rings. The second-order valence-corrected chi connectivity index (χ2v) is 9.35. The normalized spacial score (nSPS) is 14.5. The van der Waals surface area contributed by atoms with Crippen molar-refractivity contribution >= 4 is 29.8 Å². The fraction of sp³-hybridized carbons (Fsp3) is 0.290. The summed E-state index contributed by atoms with van der Waals surface area (Å²) >= 11 is 0. The quantitative estimate of drug-likeness (QED) is 0.219. The van der Waals surface area contributed by atoms with Gasteiger partial charge in [0.05, 0.1) is 25.4 Å². The summed E-state index contributed by atoms with van der Waals surface area (Å²) in [6, 6.07) is 21.3. The summed E-state index contributed by atoms with van der Waals surface area (Å²) in [5, 5.41) is 18.6. The predicted octanol–water partition coefficient (Wildman–Crippen LogP) is 5.53. The maximum absolute atomic E-state index is 11.7. The van der Waals surface area contributed by atoms with Gasteiger partial charge in [-0.25, -0.2) is 4.79 Å². The van der Waals surface area contributed by atoms with Crippen molar-refractivity contribution in [2.24, 2.45) is 0 Å². The minimum Gasteiger partial charge on any atom is -0.493 e. The van der Waals surface area contributed by atoms with Gasteiger partial charge in [0, 0.05) is 24.9 Å². The number of carboxylic acids is 2. The lowest BCUT2D eigenvalue weighted by Crippen LogP contribution is -2.45. The van der Waals surface area contributed by atoms with Crippen molar-refractivity contribution in [3.63, 3.8) is 0 Å². The zero-order valence-corrected chi connectivity index (χ0v) is 21.9. The number of aryl methyl sites for hydroxylation is 1. The monoisotopic (exact) mass is 531 g/mol. The summed E-state index contributed by atoms with van der Waals surface area (Å²) in [6.07, 6.45) is 3.98. The van der Waals surface area contributed by atoms with Crippen LogP contribution in [0.2, 0.25) is 0 Å². The Morgan fingerprint density at radius 2 is 1.69 bits per heavy atom. The van der Waals surface area contributed by atoms with E-state index in [-0.39, 0.29) is 13.0 Å². The number of fused-ring (bicyclic) bond motifs is 1. The highest BCUT2D eigenvalue weighted by Crippen LogP contribution is 2.38. The molecule has 3 aromatic carbocycles. The van der Waals surface area contributed by atoms with E-state index >= 15 is 0 Å². The number of carboxylic acid groups (broad SMARTS) is 2. The molecule has 0 fully saturated rings. The minimum absolute atomic E-state index is 0.0188. The molecular formula is C31H33NO7. The van der Waals surface area contributed by atoms with Gasteiger partial charge in [0.2, 0.25) is 6.10 Å². The first-order valence-electron chi connectivity index (χ1n) is 13.0. The maximum Gasteiger partial charge on any atom is 0.346 e. The molecule has 0 bridgehead atoms. The van der Waals surface area contributed by atoms with E-state index in [1.54, 1.807) is 0 Å². The lowest BCUT2D eigenvalue weighted by atomic mass is 10.1. The molecule has 0 spiro atoms. The van der Waals surface area contributed by atoms with Crippen molar-refractivity contribution in [1.82, 2.24) is 0 Å². The Morgan fingerprint density at radius 3 is 2.41 bits per heavy atom. The highest BCUT2D eigenvalue weighted by Gasteiger charge is 2.31. The lowest BCUT2D eigenvalue weighted by molar-refractivity contribution is -0.145. The van der Waals surface area contributed by atoms with Crippen LogP contribution in [-0.2, 0) is 9.59 Å². The number of hydrogen-bond acceptors (Lipinski definition) is 6. The summed E-state index contributed by atoms with van der Waals surface area (Å²) in [6.45, 7) is 3.75. The van der Waals surface area contributed by atoms with Crippen molar-refractivity contribution in [3.8, 4) is 17.2 Å². The molecule has 0 radical (unpaired) electrons. The highest BCUT2D eigenvalue weighted by molar-refractivity contribution is 5.81. The summed E-state index contributed by atoms with van der Waals surface area (Å²) in [4.78, 5) is 24.5. The number of benzene rings is 3. The van der Waals surface area contributed by atoms with Crippen LogP contribution in [0.25, 0.3) is 12.2 Å². The standard InChI is InChI=1S/C31H33NO7/c1-22-6-2-8-26(20-22)38-19-5-18-37-25-15-12-23(13-16-25)11-14-24-7-3-9-27-30(24)39-28(31(35)36)21-32(27)17-4-10-29(33)34/h2-3,6-9,11-16,20,28H,4-5,10,17-19,21H2,1H3,(H,33,34)(H,35,36). The first-order chi connectivity index (χ1) is 18.9. The van der Waals surface area contributed by atoms with Crippen molar-refractivity contribution in [2.45, 2.75) is 32.3 Å². The molecule has 8 heteroatoms. The van der Waals surface area contributed by atoms with Gasteiger partial charge in [0.25, 0.3) is 0 Å². The Hall–Kier alpha value is -4.46. The number of aliphatic carboxylic acids is 2. The third-order valence-electron chi connectivity index (χ3n) is 6.26. The average molecular weight is 532 g/mol. The SMILES string of the molecule is Cc1cccc(OCCCOc2ccc(C=Cc3cccc4c3OC(C(=O)O)CN4CCCC(=O)O)cc2)c1. The maximum atomic E-state index is 11.7. The molecule has 2 N–H and O–H groups in total. The topological polar surface area (TPSA) is 106 Å². The number of carbonyl (C=O) groups is 2. The second kappa shape index (κ2) is 13.4. The Labute approximate surface area is 228 Å². The number of hydrogen-bond donors (Lipinski definition) is 2. The molecule has 0 saturated carbocycles. The van der Waals surface area contributed by atoms with Crippen LogP contribution in [0.3, 0.4) is 0 Å². The predicted molar refractivity (Wildman–Crippen MR) is 150 cm³/mol. The molecule has 0 amide bonds.